The Morgan fingerprint density at radius 3 is 2.64 bits per heavy atom. The number of carbonyl (C=O) groups excluding carboxylic acids is 1. The minimum atomic E-state index is -3.89. The maximum absolute atomic E-state index is 13.2. The molecule has 0 amide bonds. The standard InChI is InChI=1S/C18H15ClFN3O3S2/c19-15-10-14(5-6-16(15)20)28(25,26)21-11-12-3-7-17(23-22-12)18(24)8-4-13-2-1-9-27-13/h1-3,5-7,9-10,21H,4,8,11H2. The molecule has 28 heavy (non-hydrogen) atoms. The first-order chi connectivity index (χ1) is 13.3. The molecule has 0 aliphatic heterocycles. The van der Waals surface area contributed by atoms with Crippen LogP contribution in [0.5, 0.6) is 0 Å². The van der Waals surface area contributed by atoms with E-state index in [1.54, 1.807) is 11.3 Å². The van der Waals surface area contributed by atoms with Gasteiger partial charge in [-0.05, 0) is 48.2 Å². The molecule has 2 aromatic heterocycles. The molecule has 1 N–H and O–H groups in total. The van der Waals surface area contributed by atoms with Gasteiger partial charge in [0.1, 0.15) is 11.5 Å². The third-order valence-corrected chi connectivity index (χ3v) is 6.45. The zero-order valence-electron chi connectivity index (χ0n) is 14.4. The first-order valence-corrected chi connectivity index (χ1v) is 10.9. The molecular weight excluding hydrogens is 425 g/mol. The van der Waals surface area contributed by atoms with Crippen molar-refractivity contribution in [1.82, 2.24) is 14.9 Å². The molecule has 0 spiro atoms. The predicted molar refractivity (Wildman–Crippen MR) is 104 cm³/mol. The number of Topliss-reactive ketones (excluding diaryl/α,β-unsaturated/α-hetero) is 1. The molecule has 0 bridgehead atoms. The summed E-state index contributed by atoms with van der Waals surface area (Å²) in [5, 5.41) is 9.44. The second-order valence-electron chi connectivity index (χ2n) is 5.81. The van der Waals surface area contributed by atoms with Crippen LogP contribution in [-0.2, 0) is 23.0 Å². The van der Waals surface area contributed by atoms with Gasteiger partial charge >= 0.3 is 0 Å². The van der Waals surface area contributed by atoms with Crippen LogP contribution in [0.2, 0.25) is 5.02 Å². The summed E-state index contributed by atoms with van der Waals surface area (Å²) < 4.78 is 40.0. The topological polar surface area (TPSA) is 89.0 Å². The monoisotopic (exact) mass is 439 g/mol. The van der Waals surface area contributed by atoms with Crippen LogP contribution in [0.25, 0.3) is 0 Å². The maximum Gasteiger partial charge on any atom is 0.240 e. The normalized spacial score (nSPS) is 11.5. The average Bonchev–Trinajstić information content (AvgIpc) is 3.20. The second kappa shape index (κ2) is 8.87. The van der Waals surface area contributed by atoms with Crippen LogP contribution in [0, 0.1) is 5.82 Å². The van der Waals surface area contributed by atoms with Gasteiger partial charge in [-0.2, -0.15) is 5.10 Å². The highest BCUT2D eigenvalue weighted by atomic mass is 35.5. The van der Waals surface area contributed by atoms with Crippen molar-refractivity contribution < 1.29 is 17.6 Å². The molecule has 146 valence electrons. The lowest BCUT2D eigenvalue weighted by atomic mass is 10.1. The quantitative estimate of drug-likeness (QED) is 0.541. The zero-order chi connectivity index (χ0) is 20.1. The van der Waals surface area contributed by atoms with E-state index in [0.29, 0.717) is 18.5 Å². The van der Waals surface area contributed by atoms with Crippen molar-refractivity contribution in [2.75, 3.05) is 0 Å². The second-order valence-corrected chi connectivity index (χ2v) is 9.02. The smallest absolute Gasteiger partial charge is 0.240 e. The molecule has 6 nitrogen and oxygen atoms in total. The van der Waals surface area contributed by atoms with Crippen LogP contribution in [0.1, 0.15) is 27.5 Å². The molecule has 0 atom stereocenters. The van der Waals surface area contributed by atoms with Gasteiger partial charge in [0.15, 0.2) is 5.78 Å². The van der Waals surface area contributed by atoms with Gasteiger partial charge < -0.3 is 0 Å². The molecule has 0 radical (unpaired) electrons. The van der Waals surface area contributed by atoms with Crippen molar-refractivity contribution in [3.8, 4) is 0 Å². The number of nitrogens with zero attached hydrogens (tertiary/aromatic N) is 2. The van der Waals surface area contributed by atoms with E-state index in [2.05, 4.69) is 14.9 Å². The van der Waals surface area contributed by atoms with E-state index in [-0.39, 0.29) is 27.9 Å². The van der Waals surface area contributed by atoms with E-state index < -0.39 is 15.8 Å². The molecule has 0 aliphatic rings. The number of sulfonamides is 1. The van der Waals surface area contributed by atoms with Crippen LogP contribution in [-0.4, -0.2) is 24.4 Å². The van der Waals surface area contributed by atoms with Crippen molar-refractivity contribution in [2.24, 2.45) is 0 Å². The van der Waals surface area contributed by atoms with Gasteiger partial charge in [0, 0.05) is 11.3 Å². The Balaban J connectivity index is 1.59. The number of thiophene rings is 1. The predicted octanol–water partition coefficient (Wildman–Crippen LogP) is 3.62. The Morgan fingerprint density at radius 2 is 2.00 bits per heavy atom. The first kappa shape index (κ1) is 20.5. The number of benzene rings is 1. The maximum atomic E-state index is 13.2. The lowest BCUT2D eigenvalue weighted by Crippen LogP contribution is -2.24. The average molecular weight is 440 g/mol. The highest BCUT2D eigenvalue weighted by molar-refractivity contribution is 7.89. The van der Waals surface area contributed by atoms with Crippen molar-refractivity contribution >= 4 is 38.7 Å². The Kier molecular flexibility index (Phi) is 6.50. The minimum Gasteiger partial charge on any atom is -0.292 e. The fraction of sp³-hybridized carbons (Fsp3) is 0.167. The summed E-state index contributed by atoms with van der Waals surface area (Å²) in [5.41, 5.74) is 0.570. The van der Waals surface area contributed by atoms with E-state index in [9.17, 15) is 17.6 Å². The fourth-order valence-electron chi connectivity index (χ4n) is 2.32. The van der Waals surface area contributed by atoms with Crippen molar-refractivity contribution in [3.05, 3.63) is 74.9 Å². The van der Waals surface area contributed by atoms with E-state index in [1.165, 1.54) is 12.1 Å². The van der Waals surface area contributed by atoms with Crippen LogP contribution >= 0.6 is 22.9 Å². The molecular formula is C18H15ClFN3O3S2. The Bertz CT molecular complexity index is 1070. The fourth-order valence-corrected chi connectivity index (χ4v) is 4.30. The Hall–Kier alpha value is -2.20. The molecule has 0 unspecified atom stereocenters. The SMILES string of the molecule is O=C(CCc1cccs1)c1ccc(CNS(=O)(=O)c2ccc(F)c(Cl)c2)nn1. The summed E-state index contributed by atoms with van der Waals surface area (Å²) in [6, 6.07) is 10.1. The molecule has 3 rings (SSSR count). The van der Waals surface area contributed by atoms with E-state index in [4.69, 9.17) is 11.6 Å². The number of rotatable bonds is 8. The minimum absolute atomic E-state index is 0.131. The number of halogens is 2. The van der Waals surface area contributed by atoms with Crippen LogP contribution in [0.4, 0.5) is 4.39 Å². The van der Waals surface area contributed by atoms with Gasteiger partial charge in [0.2, 0.25) is 10.0 Å². The number of aryl methyl sites for hydroxylation is 1. The Morgan fingerprint density at radius 1 is 1.18 bits per heavy atom. The first-order valence-electron chi connectivity index (χ1n) is 8.18. The number of hydrogen-bond acceptors (Lipinski definition) is 6. The summed E-state index contributed by atoms with van der Waals surface area (Å²) in [7, 11) is -3.89. The Labute approximate surface area is 170 Å². The molecule has 10 heteroatoms. The largest absolute Gasteiger partial charge is 0.292 e. The van der Waals surface area contributed by atoms with Crippen LogP contribution in [0.15, 0.2) is 52.7 Å². The summed E-state index contributed by atoms with van der Waals surface area (Å²) in [6.07, 6.45) is 0.965. The third-order valence-electron chi connectivity index (χ3n) is 3.83. The number of ketones is 1. The van der Waals surface area contributed by atoms with Crippen LogP contribution < -0.4 is 4.72 Å². The van der Waals surface area contributed by atoms with E-state index in [0.717, 1.165) is 23.1 Å². The summed E-state index contributed by atoms with van der Waals surface area (Å²) in [5.74, 6) is -0.834. The van der Waals surface area contributed by atoms with Gasteiger partial charge in [-0.25, -0.2) is 17.5 Å². The van der Waals surface area contributed by atoms with Gasteiger partial charge in [0.25, 0.3) is 0 Å². The van der Waals surface area contributed by atoms with Gasteiger partial charge in [-0.3, -0.25) is 4.79 Å². The van der Waals surface area contributed by atoms with Crippen molar-refractivity contribution in [3.63, 3.8) is 0 Å². The van der Waals surface area contributed by atoms with E-state index in [1.807, 2.05) is 17.5 Å². The summed E-state index contributed by atoms with van der Waals surface area (Å²) in [4.78, 5) is 13.1. The molecule has 0 fully saturated rings. The molecule has 3 aromatic rings. The highest BCUT2D eigenvalue weighted by Gasteiger charge is 2.16. The van der Waals surface area contributed by atoms with Crippen molar-refractivity contribution in [1.29, 1.82) is 0 Å². The highest BCUT2D eigenvalue weighted by Crippen LogP contribution is 2.19. The lowest BCUT2D eigenvalue weighted by Gasteiger charge is -2.07. The number of nitrogens with one attached hydrogen (secondary N) is 1. The number of carbonyl (C=O) groups is 1. The van der Waals surface area contributed by atoms with E-state index >= 15 is 0 Å². The lowest BCUT2D eigenvalue weighted by molar-refractivity contribution is 0.0977. The van der Waals surface area contributed by atoms with Gasteiger partial charge in [-0.1, -0.05) is 17.7 Å². The zero-order valence-corrected chi connectivity index (χ0v) is 16.8. The van der Waals surface area contributed by atoms with Gasteiger partial charge in [-0.15, -0.1) is 16.4 Å². The summed E-state index contributed by atoms with van der Waals surface area (Å²) in [6.45, 7) is -0.131. The summed E-state index contributed by atoms with van der Waals surface area (Å²) >= 11 is 7.21. The molecule has 0 saturated heterocycles. The van der Waals surface area contributed by atoms with Crippen LogP contribution in [0.3, 0.4) is 0 Å². The molecule has 1 aromatic carbocycles. The van der Waals surface area contributed by atoms with Crippen molar-refractivity contribution in [2.45, 2.75) is 24.3 Å². The molecule has 0 aliphatic carbocycles. The number of hydrogen-bond donors (Lipinski definition) is 1. The molecule has 2 heterocycles. The number of aromatic nitrogens is 2. The van der Waals surface area contributed by atoms with Gasteiger partial charge in [0.05, 0.1) is 22.2 Å². The molecule has 0 saturated carbocycles. The third kappa shape index (κ3) is 5.20.